The Morgan fingerprint density at radius 2 is 2.05 bits per heavy atom. The minimum atomic E-state index is -0.445. The molecule has 0 unspecified atom stereocenters. The average molecular weight is 278 g/mol. The van der Waals surface area contributed by atoms with E-state index in [1.807, 2.05) is 20.8 Å². The van der Waals surface area contributed by atoms with Crippen LogP contribution in [0, 0.1) is 5.41 Å². The van der Waals surface area contributed by atoms with Crippen LogP contribution in [-0.4, -0.2) is 29.0 Å². The lowest BCUT2D eigenvalue weighted by Crippen LogP contribution is -2.35. The Hall–Kier alpha value is -1.85. The third-order valence-electron chi connectivity index (χ3n) is 3.30. The highest BCUT2D eigenvalue weighted by Gasteiger charge is 2.21. The maximum absolute atomic E-state index is 11.8. The van der Waals surface area contributed by atoms with E-state index in [0.717, 1.165) is 25.9 Å². The van der Waals surface area contributed by atoms with Gasteiger partial charge < -0.3 is 10.2 Å². The second kappa shape index (κ2) is 5.64. The quantitative estimate of drug-likeness (QED) is 0.865. The molecule has 2 rings (SSSR count). The van der Waals surface area contributed by atoms with Gasteiger partial charge in [0, 0.05) is 24.6 Å². The first-order valence-electron chi connectivity index (χ1n) is 7.00. The molecule has 2 heterocycles. The van der Waals surface area contributed by atoms with Crippen molar-refractivity contribution in [1.29, 1.82) is 0 Å². The number of rotatable bonds is 3. The summed E-state index contributed by atoms with van der Waals surface area (Å²) in [5.41, 5.74) is -0.0333. The molecule has 2 N–H and O–H groups in total. The van der Waals surface area contributed by atoms with E-state index < -0.39 is 5.41 Å². The molecule has 0 atom stereocenters. The van der Waals surface area contributed by atoms with Crippen molar-refractivity contribution in [3.63, 3.8) is 0 Å². The van der Waals surface area contributed by atoms with Gasteiger partial charge in [0.2, 0.25) is 11.9 Å². The van der Waals surface area contributed by atoms with Gasteiger partial charge in [-0.3, -0.25) is 14.6 Å². The van der Waals surface area contributed by atoms with Crippen LogP contribution in [0.5, 0.6) is 0 Å². The molecule has 1 aliphatic rings. The minimum Gasteiger partial charge on any atom is -0.350 e. The second-order valence-electron chi connectivity index (χ2n) is 6.19. The second-order valence-corrected chi connectivity index (χ2v) is 6.19. The number of hydrogen-bond donors (Lipinski definition) is 2. The fraction of sp³-hybridized carbons (Fsp3) is 0.643. The van der Waals surface area contributed by atoms with Gasteiger partial charge in [0.05, 0.1) is 12.2 Å². The summed E-state index contributed by atoms with van der Waals surface area (Å²) in [6, 6.07) is 1.43. The van der Waals surface area contributed by atoms with Gasteiger partial charge >= 0.3 is 0 Å². The molecule has 0 aromatic carbocycles. The van der Waals surface area contributed by atoms with E-state index in [2.05, 4.69) is 20.2 Å². The molecule has 1 fully saturated rings. The number of carbonyl (C=O) groups excluding carboxylic acids is 1. The standard InChI is InChI=1S/C14H22N4O2/c1-14(2,3)12(20)15-9-10-8-11(19)17-13(16-10)18-6-4-5-7-18/h8H,4-7,9H2,1-3H3,(H,15,20)(H,16,17,19). The highest BCUT2D eigenvalue weighted by molar-refractivity contribution is 5.81. The van der Waals surface area contributed by atoms with Crippen molar-refractivity contribution in [2.24, 2.45) is 5.41 Å². The summed E-state index contributed by atoms with van der Waals surface area (Å²) >= 11 is 0. The fourth-order valence-corrected chi connectivity index (χ4v) is 2.10. The van der Waals surface area contributed by atoms with Crippen molar-refractivity contribution in [3.05, 3.63) is 22.1 Å². The van der Waals surface area contributed by atoms with Crippen LogP contribution in [0.1, 0.15) is 39.3 Å². The zero-order valence-corrected chi connectivity index (χ0v) is 12.3. The van der Waals surface area contributed by atoms with Crippen LogP contribution in [0.4, 0.5) is 5.95 Å². The fourth-order valence-electron chi connectivity index (χ4n) is 2.10. The molecule has 1 saturated heterocycles. The molecular weight excluding hydrogens is 256 g/mol. The van der Waals surface area contributed by atoms with Gasteiger partial charge in [-0.15, -0.1) is 0 Å². The molecule has 0 saturated carbocycles. The zero-order chi connectivity index (χ0) is 14.8. The van der Waals surface area contributed by atoms with Crippen molar-refractivity contribution in [2.45, 2.75) is 40.2 Å². The van der Waals surface area contributed by atoms with Gasteiger partial charge in [-0.05, 0) is 12.8 Å². The number of carbonyl (C=O) groups is 1. The Morgan fingerprint density at radius 3 is 2.65 bits per heavy atom. The first kappa shape index (κ1) is 14.6. The highest BCUT2D eigenvalue weighted by Crippen LogP contribution is 2.15. The van der Waals surface area contributed by atoms with Gasteiger partial charge in [-0.2, -0.15) is 0 Å². The van der Waals surface area contributed by atoms with E-state index in [-0.39, 0.29) is 18.0 Å². The number of amides is 1. The molecule has 1 amide bonds. The molecule has 110 valence electrons. The maximum Gasteiger partial charge on any atom is 0.252 e. The van der Waals surface area contributed by atoms with Crippen molar-refractivity contribution >= 4 is 11.9 Å². The SMILES string of the molecule is CC(C)(C)C(=O)NCc1cc(=O)[nH]c(N2CCCC2)n1. The minimum absolute atomic E-state index is 0.0534. The summed E-state index contributed by atoms with van der Waals surface area (Å²) in [6.07, 6.45) is 2.24. The van der Waals surface area contributed by atoms with Crippen LogP contribution in [0.2, 0.25) is 0 Å². The predicted octanol–water partition coefficient (Wildman–Crippen LogP) is 1.03. The van der Waals surface area contributed by atoms with Crippen molar-refractivity contribution in [3.8, 4) is 0 Å². The van der Waals surface area contributed by atoms with E-state index in [0.29, 0.717) is 11.6 Å². The number of nitrogens with zero attached hydrogens (tertiary/aromatic N) is 2. The lowest BCUT2D eigenvalue weighted by molar-refractivity contribution is -0.128. The normalized spacial score (nSPS) is 15.4. The number of anilines is 1. The molecular formula is C14H22N4O2. The lowest BCUT2D eigenvalue weighted by Gasteiger charge is -2.18. The monoisotopic (exact) mass is 278 g/mol. The zero-order valence-electron chi connectivity index (χ0n) is 12.3. The van der Waals surface area contributed by atoms with Crippen molar-refractivity contribution in [1.82, 2.24) is 15.3 Å². The Labute approximate surface area is 118 Å². The number of nitrogens with one attached hydrogen (secondary N) is 2. The summed E-state index contributed by atoms with van der Waals surface area (Å²) in [5, 5.41) is 2.81. The largest absolute Gasteiger partial charge is 0.350 e. The highest BCUT2D eigenvalue weighted by atomic mass is 16.2. The van der Waals surface area contributed by atoms with E-state index >= 15 is 0 Å². The van der Waals surface area contributed by atoms with Gasteiger partial charge in [0.1, 0.15) is 0 Å². The van der Waals surface area contributed by atoms with Crippen LogP contribution in [0.3, 0.4) is 0 Å². The number of aromatic amines is 1. The van der Waals surface area contributed by atoms with Crippen LogP contribution in [-0.2, 0) is 11.3 Å². The molecule has 1 aromatic heterocycles. The van der Waals surface area contributed by atoms with Crippen LogP contribution >= 0.6 is 0 Å². The first-order chi connectivity index (χ1) is 9.36. The van der Waals surface area contributed by atoms with E-state index in [9.17, 15) is 9.59 Å². The van der Waals surface area contributed by atoms with Gasteiger partial charge in [0.15, 0.2) is 0 Å². The van der Waals surface area contributed by atoms with Crippen LogP contribution < -0.4 is 15.8 Å². The van der Waals surface area contributed by atoms with Crippen LogP contribution in [0.15, 0.2) is 10.9 Å². The van der Waals surface area contributed by atoms with Gasteiger partial charge in [-0.1, -0.05) is 20.8 Å². The third kappa shape index (κ3) is 3.59. The number of aromatic nitrogens is 2. The van der Waals surface area contributed by atoms with Crippen molar-refractivity contribution < 1.29 is 4.79 Å². The molecule has 20 heavy (non-hydrogen) atoms. The Morgan fingerprint density at radius 1 is 1.40 bits per heavy atom. The third-order valence-corrected chi connectivity index (χ3v) is 3.30. The topological polar surface area (TPSA) is 78.1 Å². The van der Waals surface area contributed by atoms with Gasteiger partial charge in [-0.25, -0.2) is 4.98 Å². The molecule has 0 bridgehead atoms. The van der Waals surface area contributed by atoms with Crippen molar-refractivity contribution in [2.75, 3.05) is 18.0 Å². The van der Waals surface area contributed by atoms with E-state index in [1.165, 1.54) is 6.07 Å². The molecule has 6 nitrogen and oxygen atoms in total. The number of hydrogen-bond acceptors (Lipinski definition) is 4. The molecule has 0 spiro atoms. The van der Waals surface area contributed by atoms with E-state index in [1.54, 1.807) is 0 Å². The van der Waals surface area contributed by atoms with Gasteiger partial charge in [0.25, 0.3) is 5.56 Å². The summed E-state index contributed by atoms with van der Waals surface area (Å²) in [6.45, 7) is 7.66. The molecule has 1 aromatic rings. The smallest absolute Gasteiger partial charge is 0.252 e. The summed E-state index contributed by atoms with van der Waals surface area (Å²) < 4.78 is 0. The maximum atomic E-state index is 11.8. The Balaban J connectivity index is 2.08. The number of H-pyrrole nitrogens is 1. The molecule has 6 heteroatoms. The molecule has 1 aliphatic heterocycles. The average Bonchev–Trinajstić information content (AvgIpc) is 2.88. The summed E-state index contributed by atoms with van der Waals surface area (Å²) in [4.78, 5) is 32.7. The van der Waals surface area contributed by atoms with Crippen LogP contribution in [0.25, 0.3) is 0 Å². The van der Waals surface area contributed by atoms with E-state index in [4.69, 9.17) is 0 Å². The summed E-state index contributed by atoms with van der Waals surface area (Å²) in [7, 11) is 0. The first-order valence-corrected chi connectivity index (χ1v) is 7.00. The Kier molecular flexibility index (Phi) is 4.11. The molecule has 0 radical (unpaired) electrons. The lowest BCUT2D eigenvalue weighted by atomic mass is 9.96. The molecule has 0 aliphatic carbocycles. The summed E-state index contributed by atoms with van der Waals surface area (Å²) in [5.74, 6) is 0.553. The predicted molar refractivity (Wildman–Crippen MR) is 77.6 cm³/mol. The Bertz CT molecular complexity index is 539.